The van der Waals surface area contributed by atoms with Crippen LogP contribution in [0.2, 0.25) is 0 Å². The first-order valence-corrected chi connectivity index (χ1v) is 11.2. The van der Waals surface area contributed by atoms with E-state index in [0.717, 1.165) is 21.7 Å². The second-order valence-corrected chi connectivity index (χ2v) is 9.78. The third-order valence-corrected chi connectivity index (χ3v) is 7.66. The molecule has 0 unspecified atom stereocenters. The van der Waals surface area contributed by atoms with Gasteiger partial charge in [0.15, 0.2) is 5.13 Å². The van der Waals surface area contributed by atoms with Crippen LogP contribution in [-0.2, 0) is 23.0 Å². The van der Waals surface area contributed by atoms with Crippen LogP contribution in [0, 0.1) is 13.8 Å². The van der Waals surface area contributed by atoms with Crippen LogP contribution in [0.1, 0.15) is 32.2 Å². The maximum atomic E-state index is 13.2. The average Bonchev–Trinajstić information content (AvgIpc) is 3.11. The van der Waals surface area contributed by atoms with Gasteiger partial charge in [-0.1, -0.05) is 12.1 Å². The van der Waals surface area contributed by atoms with Crippen molar-refractivity contribution in [3.63, 3.8) is 0 Å². The minimum absolute atomic E-state index is 0.194. The zero-order valence-electron chi connectivity index (χ0n) is 15.9. The molecule has 1 aliphatic heterocycles. The standard InChI is InChI=1S/C19H19N5O3S2/c1-12-3-4-13(2)17(9-12)29(26,27)24-8-5-14-16(11-24)28-19(22-14)23-18(25)15-10-20-6-7-21-15/h3-4,6-7,9-10H,5,8,11H2,1-2H3,(H,22,23,25). The summed E-state index contributed by atoms with van der Waals surface area (Å²) in [6.45, 7) is 4.27. The number of fused-ring (bicyclic) bond motifs is 1. The fraction of sp³-hybridized carbons (Fsp3) is 0.263. The summed E-state index contributed by atoms with van der Waals surface area (Å²) in [5, 5.41) is 3.14. The Bertz CT molecular complexity index is 1180. The van der Waals surface area contributed by atoms with E-state index < -0.39 is 15.9 Å². The number of nitrogens with zero attached hydrogens (tertiary/aromatic N) is 4. The number of carbonyl (C=O) groups is 1. The molecular formula is C19H19N5O3S2. The number of hydrogen-bond acceptors (Lipinski definition) is 7. The van der Waals surface area contributed by atoms with E-state index in [9.17, 15) is 13.2 Å². The highest BCUT2D eigenvalue weighted by Gasteiger charge is 2.31. The van der Waals surface area contributed by atoms with Gasteiger partial charge in [0.1, 0.15) is 5.69 Å². The summed E-state index contributed by atoms with van der Waals surface area (Å²) in [7, 11) is -3.61. The number of benzene rings is 1. The number of sulfonamides is 1. The third kappa shape index (κ3) is 3.91. The zero-order chi connectivity index (χ0) is 20.6. The van der Waals surface area contributed by atoms with Gasteiger partial charge < -0.3 is 0 Å². The largest absolute Gasteiger partial charge is 0.296 e. The Balaban J connectivity index is 1.55. The molecule has 0 spiro atoms. The van der Waals surface area contributed by atoms with Crippen LogP contribution in [0.5, 0.6) is 0 Å². The predicted molar refractivity (Wildman–Crippen MR) is 109 cm³/mol. The summed E-state index contributed by atoms with van der Waals surface area (Å²) in [6, 6.07) is 5.43. The maximum Gasteiger partial charge on any atom is 0.277 e. The second-order valence-electron chi connectivity index (χ2n) is 6.79. The summed E-state index contributed by atoms with van der Waals surface area (Å²) in [5.74, 6) is -0.399. The Morgan fingerprint density at radius 1 is 1.24 bits per heavy atom. The van der Waals surface area contributed by atoms with Gasteiger partial charge in [-0.15, -0.1) is 11.3 Å². The van der Waals surface area contributed by atoms with E-state index in [4.69, 9.17) is 0 Å². The zero-order valence-corrected chi connectivity index (χ0v) is 17.5. The van der Waals surface area contributed by atoms with Crippen molar-refractivity contribution in [2.45, 2.75) is 31.7 Å². The normalized spacial score (nSPS) is 14.4. The van der Waals surface area contributed by atoms with Gasteiger partial charge in [0.2, 0.25) is 10.0 Å². The molecule has 3 heterocycles. The first-order chi connectivity index (χ1) is 13.8. The summed E-state index contributed by atoms with van der Waals surface area (Å²) >= 11 is 1.28. The van der Waals surface area contributed by atoms with Crippen molar-refractivity contribution in [3.8, 4) is 0 Å². The van der Waals surface area contributed by atoms with Crippen molar-refractivity contribution in [1.82, 2.24) is 19.3 Å². The number of rotatable bonds is 4. The van der Waals surface area contributed by atoms with Gasteiger partial charge >= 0.3 is 0 Å². The van der Waals surface area contributed by atoms with Crippen molar-refractivity contribution in [2.75, 3.05) is 11.9 Å². The molecule has 150 valence electrons. The summed E-state index contributed by atoms with van der Waals surface area (Å²) in [6.07, 6.45) is 4.81. The fourth-order valence-corrected chi connectivity index (χ4v) is 5.95. The lowest BCUT2D eigenvalue weighted by Crippen LogP contribution is -2.35. The monoisotopic (exact) mass is 429 g/mol. The number of nitrogens with one attached hydrogen (secondary N) is 1. The summed E-state index contributed by atoms with van der Waals surface area (Å²) in [4.78, 5) is 25.7. The van der Waals surface area contributed by atoms with Crippen LogP contribution >= 0.6 is 11.3 Å². The highest BCUT2D eigenvalue weighted by atomic mass is 32.2. The molecule has 8 nitrogen and oxygen atoms in total. The molecule has 3 aromatic rings. The quantitative estimate of drug-likeness (QED) is 0.683. The third-order valence-electron chi connectivity index (χ3n) is 4.67. The predicted octanol–water partition coefficient (Wildman–Crippen LogP) is 2.55. The molecule has 0 bridgehead atoms. The van der Waals surface area contributed by atoms with Crippen molar-refractivity contribution in [3.05, 3.63) is 64.2 Å². The molecule has 1 N–H and O–H groups in total. The molecule has 2 aromatic heterocycles. The molecule has 4 rings (SSSR count). The van der Waals surface area contributed by atoms with Crippen LogP contribution in [0.3, 0.4) is 0 Å². The highest BCUT2D eigenvalue weighted by Crippen LogP contribution is 2.32. The Morgan fingerprint density at radius 3 is 2.83 bits per heavy atom. The molecule has 29 heavy (non-hydrogen) atoms. The van der Waals surface area contributed by atoms with Crippen molar-refractivity contribution in [1.29, 1.82) is 0 Å². The van der Waals surface area contributed by atoms with Gasteiger partial charge in [-0.3, -0.25) is 15.1 Å². The van der Waals surface area contributed by atoms with Crippen molar-refractivity contribution < 1.29 is 13.2 Å². The van der Waals surface area contributed by atoms with Crippen LogP contribution in [0.25, 0.3) is 0 Å². The van der Waals surface area contributed by atoms with Gasteiger partial charge in [-0.05, 0) is 31.0 Å². The maximum absolute atomic E-state index is 13.2. The molecule has 1 aromatic carbocycles. The molecule has 0 saturated carbocycles. The molecule has 0 fully saturated rings. The molecule has 0 saturated heterocycles. The van der Waals surface area contributed by atoms with E-state index in [2.05, 4.69) is 20.3 Å². The Kier molecular flexibility index (Phi) is 5.15. The van der Waals surface area contributed by atoms with E-state index in [1.807, 2.05) is 19.1 Å². The number of hydrogen-bond donors (Lipinski definition) is 1. The van der Waals surface area contributed by atoms with Crippen LogP contribution in [-0.4, -0.2) is 40.1 Å². The first kappa shape index (κ1) is 19.6. The van der Waals surface area contributed by atoms with Gasteiger partial charge in [0.25, 0.3) is 5.91 Å². The first-order valence-electron chi connectivity index (χ1n) is 8.98. The molecular weight excluding hydrogens is 410 g/mol. The smallest absolute Gasteiger partial charge is 0.277 e. The van der Waals surface area contributed by atoms with Crippen LogP contribution < -0.4 is 5.32 Å². The fourth-order valence-electron chi connectivity index (χ4n) is 3.13. The summed E-state index contributed by atoms with van der Waals surface area (Å²) < 4.78 is 27.8. The lowest BCUT2D eigenvalue weighted by atomic mass is 10.2. The number of carbonyl (C=O) groups excluding carboxylic acids is 1. The van der Waals surface area contributed by atoms with Gasteiger partial charge in [0.05, 0.1) is 23.3 Å². The molecule has 0 aliphatic carbocycles. The minimum Gasteiger partial charge on any atom is -0.296 e. The van der Waals surface area contributed by atoms with E-state index in [1.165, 1.54) is 34.2 Å². The van der Waals surface area contributed by atoms with Crippen LogP contribution in [0.4, 0.5) is 5.13 Å². The lowest BCUT2D eigenvalue weighted by molar-refractivity contribution is 0.102. The number of aryl methyl sites for hydroxylation is 2. The molecule has 1 aliphatic rings. The van der Waals surface area contributed by atoms with Gasteiger partial charge in [-0.25, -0.2) is 18.4 Å². The minimum atomic E-state index is -3.61. The number of aromatic nitrogens is 3. The van der Waals surface area contributed by atoms with E-state index >= 15 is 0 Å². The van der Waals surface area contributed by atoms with Gasteiger partial charge in [-0.2, -0.15) is 4.31 Å². The second kappa shape index (κ2) is 7.62. The summed E-state index contributed by atoms with van der Waals surface area (Å²) in [5.41, 5.74) is 2.64. The Hall–Kier alpha value is -2.69. The Morgan fingerprint density at radius 2 is 2.07 bits per heavy atom. The number of anilines is 1. The van der Waals surface area contributed by atoms with E-state index in [1.54, 1.807) is 13.0 Å². The molecule has 0 atom stereocenters. The topological polar surface area (TPSA) is 105 Å². The number of amides is 1. The van der Waals surface area contributed by atoms with Crippen molar-refractivity contribution in [2.24, 2.45) is 0 Å². The van der Waals surface area contributed by atoms with E-state index in [0.29, 0.717) is 23.0 Å². The molecule has 10 heteroatoms. The van der Waals surface area contributed by atoms with Gasteiger partial charge in [0, 0.05) is 30.2 Å². The van der Waals surface area contributed by atoms with Crippen molar-refractivity contribution >= 4 is 32.4 Å². The molecule has 1 amide bonds. The SMILES string of the molecule is Cc1ccc(C)c(S(=O)(=O)N2CCc3nc(NC(=O)c4cnccn4)sc3C2)c1. The highest BCUT2D eigenvalue weighted by molar-refractivity contribution is 7.89. The van der Waals surface area contributed by atoms with E-state index in [-0.39, 0.29) is 12.2 Å². The lowest BCUT2D eigenvalue weighted by Gasteiger charge is -2.26. The van der Waals surface area contributed by atoms with Crippen LogP contribution in [0.15, 0.2) is 41.7 Å². The average molecular weight is 430 g/mol. The Labute approximate surface area is 172 Å². The molecule has 0 radical (unpaired) electrons. The number of thiazole rings is 1.